The van der Waals surface area contributed by atoms with Gasteiger partial charge in [-0.25, -0.2) is 8.60 Å². The van der Waals surface area contributed by atoms with Crippen LogP contribution in [0.25, 0.3) is 0 Å². The van der Waals surface area contributed by atoms with Crippen LogP contribution < -0.4 is 0 Å². The zero-order chi connectivity index (χ0) is 19.1. The van der Waals surface area contributed by atoms with Crippen LogP contribution in [-0.2, 0) is 24.5 Å². The maximum atomic E-state index is 13.4. The van der Waals surface area contributed by atoms with Crippen LogP contribution >= 0.6 is 11.6 Å². The number of benzene rings is 1. The zero-order valence-corrected chi connectivity index (χ0v) is 16.6. The van der Waals surface area contributed by atoms with Gasteiger partial charge in [0, 0.05) is 30.5 Å². The fraction of sp³-hybridized carbons (Fsp3) is 0.562. The van der Waals surface area contributed by atoms with Crippen molar-refractivity contribution >= 4 is 37.3 Å². The van der Waals surface area contributed by atoms with Crippen molar-refractivity contribution in [3.8, 4) is 0 Å². The lowest BCUT2D eigenvalue weighted by Gasteiger charge is -2.32. The first-order valence-electron chi connectivity index (χ1n) is 8.31. The second-order valence-electron chi connectivity index (χ2n) is 6.78. The summed E-state index contributed by atoms with van der Waals surface area (Å²) in [5.41, 5.74) is 0. The molecule has 26 heavy (non-hydrogen) atoms. The number of hydrogen-bond donors (Lipinski definition) is 0. The minimum absolute atomic E-state index is 0.123. The summed E-state index contributed by atoms with van der Waals surface area (Å²) in [6.07, 6.45) is 3.98. The molecule has 1 aliphatic heterocycles. The summed E-state index contributed by atoms with van der Waals surface area (Å²) in [6, 6.07) is 2.93. The first-order chi connectivity index (χ1) is 12.1. The molecule has 2 aliphatic rings. The lowest BCUT2D eigenvalue weighted by atomic mass is 10.1. The molecule has 1 heterocycles. The van der Waals surface area contributed by atoms with E-state index in [-0.39, 0.29) is 16.8 Å². The summed E-state index contributed by atoms with van der Waals surface area (Å²) >= 11 is 5.84. The third-order valence-corrected chi connectivity index (χ3v) is 9.73. The summed E-state index contributed by atoms with van der Waals surface area (Å²) in [5, 5.41) is -0.622. The zero-order valence-electron chi connectivity index (χ0n) is 14.2. The van der Waals surface area contributed by atoms with Crippen LogP contribution in [0, 0.1) is 11.7 Å². The molecule has 1 aromatic carbocycles. The van der Waals surface area contributed by atoms with Crippen LogP contribution in [-0.4, -0.2) is 48.0 Å². The number of nitrogens with zero attached hydrogens (tertiary/aromatic N) is 2. The molecule has 0 N–H and O–H groups in total. The predicted molar refractivity (Wildman–Crippen MR) is 97.4 cm³/mol. The number of likely N-dealkylation sites (tertiary alicyclic amines) is 1. The van der Waals surface area contributed by atoms with Gasteiger partial charge in [-0.05, 0) is 43.9 Å². The Morgan fingerprint density at radius 1 is 1.19 bits per heavy atom. The highest BCUT2D eigenvalue weighted by Gasteiger charge is 2.36. The molecule has 1 saturated heterocycles. The molecule has 1 aromatic rings. The summed E-state index contributed by atoms with van der Waals surface area (Å²) in [5.74, 6) is -0.516. The number of amides is 1. The van der Waals surface area contributed by atoms with E-state index < -0.39 is 35.7 Å². The minimum atomic E-state index is -4.36. The first kappa shape index (κ1) is 19.6. The molecular formula is C16H20ClFN2O4S2. The Morgan fingerprint density at radius 3 is 2.38 bits per heavy atom. The third kappa shape index (κ3) is 4.20. The van der Waals surface area contributed by atoms with Crippen molar-refractivity contribution in [1.82, 2.24) is 4.90 Å². The Bertz CT molecular complexity index is 945. The minimum Gasteiger partial charge on any atom is -0.342 e. The number of carbonyl (C=O) groups is 1. The molecule has 1 atom stereocenters. The van der Waals surface area contributed by atoms with E-state index in [9.17, 15) is 21.8 Å². The maximum Gasteiger partial charge on any atom is 0.291 e. The van der Waals surface area contributed by atoms with E-state index in [4.69, 9.17) is 11.6 Å². The number of piperidine rings is 1. The summed E-state index contributed by atoms with van der Waals surface area (Å²) < 4.78 is 54.9. The SMILES string of the molecule is CS(=O)(=NS(=O)(=O)c1cc(F)ccc1Cl)C1CCN(C(=O)C2CC2)CC1. The van der Waals surface area contributed by atoms with Gasteiger partial charge in [-0.1, -0.05) is 11.6 Å². The van der Waals surface area contributed by atoms with Crippen molar-refractivity contribution < 1.29 is 21.8 Å². The maximum absolute atomic E-state index is 13.4. The Morgan fingerprint density at radius 2 is 1.81 bits per heavy atom. The van der Waals surface area contributed by atoms with Crippen LogP contribution in [0.4, 0.5) is 4.39 Å². The second kappa shape index (κ2) is 7.09. The molecule has 0 aromatic heterocycles. The van der Waals surface area contributed by atoms with E-state index in [0.29, 0.717) is 25.9 Å². The molecule has 0 bridgehead atoms. The largest absolute Gasteiger partial charge is 0.342 e. The Hall–Kier alpha value is -1.19. The average molecular weight is 423 g/mol. The van der Waals surface area contributed by atoms with Gasteiger partial charge < -0.3 is 4.90 Å². The number of hydrogen-bond acceptors (Lipinski definition) is 4. The molecule has 1 unspecified atom stereocenters. The lowest BCUT2D eigenvalue weighted by molar-refractivity contribution is -0.133. The number of halogens is 2. The quantitative estimate of drug-likeness (QED) is 0.746. The van der Waals surface area contributed by atoms with E-state index in [1.807, 2.05) is 0 Å². The van der Waals surface area contributed by atoms with Gasteiger partial charge in [0.05, 0.1) is 14.8 Å². The third-order valence-electron chi connectivity index (χ3n) is 4.72. The Kier molecular flexibility index (Phi) is 5.33. The van der Waals surface area contributed by atoms with E-state index in [0.717, 1.165) is 31.0 Å². The van der Waals surface area contributed by atoms with Crippen LogP contribution in [0.3, 0.4) is 0 Å². The molecule has 3 rings (SSSR count). The molecule has 0 spiro atoms. The van der Waals surface area contributed by atoms with Crippen molar-refractivity contribution in [2.75, 3.05) is 19.3 Å². The number of rotatable bonds is 4. The monoisotopic (exact) mass is 422 g/mol. The second-order valence-corrected chi connectivity index (χ2v) is 11.6. The first-order valence-corrected chi connectivity index (χ1v) is 12.1. The van der Waals surface area contributed by atoms with Crippen molar-refractivity contribution in [2.24, 2.45) is 9.69 Å². The van der Waals surface area contributed by atoms with Crippen LogP contribution in [0.2, 0.25) is 5.02 Å². The lowest BCUT2D eigenvalue weighted by Crippen LogP contribution is -2.43. The smallest absolute Gasteiger partial charge is 0.291 e. The molecular weight excluding hydrogens is 403 g/mol. The molecule has 1 aliphatic carbocycles. The highest BCUT2D eigenvalue weighted by molar-refractivity contribution is 8.03. The van der Waals surface area contributed by atoms with Gasteiger partial charge in [0.25, 0.3) is 10.0 Å². The molecule has 144 valence electrons. The van der Waals surface area contributed by atoms with Gasteiger partial charge in [0.1, 0.15) is 10.7 Å². The van der Waals surface area contributed by atoms with E-state index in [2.05, 4.69) is 3.77 Å². The topological polar surface area (TPSA) is 83.9 Å². The van der Waals surface area contributed by atoms with Gasteiger partial charge in [-0.2, -0.15) is 8.42 Å². The van der Waals surface area contributed by atoms with Crippen LogP contribution in [0.15, 0.2) is 26.9 Å². The van der Waals surface area contributed by atoms with Crippen molar-refractivity contribution in [1.29, 1.82) is 0 Å². The Labute approximate surface area is 157 Å². The normalized spacial score (nSPS) is 21.3. The van der Waals surface area contributed by atoms with E-state index >= 15 is 0 Å². The summed E-state index contributed by atoms with van der Waals surface area (Å²) in [7, 11) is -7.46. The highest BCUT2D eigenvalue weighted by Crippen LogP contribution is 2.33. The van der Waals surface area contributed by atoms with E-state index in [1.165, 1.54) is 6.26 Å². The highest BCUT2D eigenvalue weighted by atomic mass is 35.5. The summed E-state index contributed by atoms with van der Waals surface area (Å²) in [4.78, 5) is 13.3. The molecule has 1 amide bonds. The van der Waals surface area contributed by atoms with Crippen LogP contribution in [0.1, 0.15) is 25.7 Å². The molecule has 6 nitrogen and oxygen atoms in total. The number of carbonyl (C=O) groups excluding carboxylic acids is 1. The van der Waals surface area contributed by atoms with Crippen LogP contribution in [0.5, 0.6) is 0 Å². The predicted octanol–water partition coefficient (Wildman–Crippen LogP) is 2.67. The van der Waals surface area contributed by atoms with E-state index in [1.54, 1.807) is 4.90 Å². The van der Waals surface area contributed by atoms with Crippen molar-refractivity contribution in [3.63, 3.8) is 0 Å². The average Bonchev–Trinajstić information content (AvgIpc) is 3.40. The fourth-order valence-corrected chi connectivity index (χ4v) is 7.51. The van der Waals surface area contributed by atoms with Gasteiger partial charge in [0.2, 0.25) is 5.91 Å². The molecule has 0 radical (unpaired) electrons. The van der Waals surface area contributed by atoms with Gasteiger partial charge in [-0.3, -0.25) is 4.79 Å². The van der Waals surface area contributed by atoms with Crippen molar-refractivity contribution in [2.45, 2.75) is 35.8 Å². The van der Waals surface area contributed by atoms with Gasteiger partial charge >= 0.3 is 0 Å². The van der Waals surface area contributed by atoms with Gasteiger partial charge in [-0.15, -0.1) is 3.77 Å². The van der Waals surface area contributed by atoms with Crippen molar-refractivity contribution in [3.05, 3.63) is 29.0 Å². The standard InChI is InChI=1S/C16H20ClFN2O4S2/c1-25(22,13-6-8-20(9-7-13)16(21)11-2-3-11)19-26(23,24)15-10-12(18)4-5-14(15)17/h4-5,10-11,13H,2-3,6-9H2,1H3. The number of sulfonamides is 1. The molecule has 1 saturated carbocycles. The Balaban J connectivity index is 1.80. The molecule has 2 fully saturated rings. The fourth-order valence-electron chi connectivity index (χ4n) is 3.07. The summed E-state index contributed by atoms with van der Waals surface area (Å²) in [6.45, 7) is 0.891. The molecule has 10 heteroatoms. The van der Waals surface area contributed by atoms with Gasteiger partial charge in [0.15, 0.2) is 0 Å².